The molecular weight excluding hydrogens is 222 g/mol. The predicted molar refractivity (Wildman–Crippen MR) is 77.1 cm³/mol. The van der Waals surface area contributed by atoms with E-state index in [9.17, 15) is 5.11 Å². The van der Waals surface area contributed by atoms with Gasteiger partial charge in [0.1, 0.15) is 0 Å². The molecule has 2 rings (SSSR count). The highest BCUT2D eigenvalue weighted by Gasteiger charge is 2.22. The summed E-state index contributed by atoms with van der Waals surface area (Å²) in [6.45, 7) is 6.39. The van der Waals surface area contributed by atoms with Gasteiger partial charge in [-0.1, -0.05) is 26.0 Å². The monoisotopic (exact) mass is 245 g/mol. The second-order valence-electron chi connectivity index (χ2n) is 6.12. The van der Waals surface area contributed by atoms with Crippen molar-refractivity contribution in [3.05, 3.63) is 35.4 Å². The normalized spacial score (nSPS) is 20.3. The molecular formula is C16H23NO. The zero-order valence-electron chi connectivity index (χ0n) is 11.5. The lowest BCUT2D eigenvalue weighted by Gasteiger charge is -2.29. The lowest BCUT2D eigenvalue weighted by molar-refractivity contribution is 0.199. The number of benzene rings is 1. The maximum atomic E-state index is 9.66. The van der Waals surface area contributed by atoms with Crippen LogP contribution in [0.1, 0.15) is 57.3 Å². The lowest BCUT2D eigenvalue weighted by atomic mass is 9.76. The van der Waals surface area contributed by atoms with Crippen LogP contribution in [0.3, 0.4) is 0 Å². The molecule has 0 saturated carbocycles. The van der Waals surface area contributed by atoms with Crippen LogP contribution in [-0.4, -0.2) is 5.11 Å². The van der Waals surface area contributed by atoms with Gasteiger partial charge in [0.05, 0.1) is 6.10 Å². The third kappa shape index (κ3) is 2.75. The zero-order chi connectivity index (χ0) is 13.3. The first-order valence-corrected chi connectivity index (χ1v) is 6.66. The Labute approximate surface area is 110 Å². The Morgan fingerprint density at radius 3 is 2.61 bits per heavy atom. The van der Waals surface area contributed by atoms with Gasteiger partial charge in [0.25, 0.3) is 0 Å². The molecule has 0 bridgehead atoms. The van der Waals surface area contributed by atoms with Crippen molar-refractivity contribution in [1.82, 2.24) is 0 Å². The first kappa shape index (κ1) is 13.2. The Morgan fingerprint density at radius 1 is 1.33 bits per heavy atom. The van der Waals surface area contributed by atoms with Gasteiger partial charge in [0, 0.05) is 11.3 Å². The summed E-state index contributed by atoms with van der Waals surface area (Å²) in [4.78, 5) is 0. The van der Waals surface area contributed by atoms with Crippen LogP contribution >= 0.6 is 0 Å². The molecule has 0 heterocycles. The fourth-order valence-electron chi connectivity index (χ4n) is 2.43. The van der Waals surface area contributed by atoms with E-state index in [1.807, 2.05) is 18.2 Å². The summed E-state index contributed by atoms with van der Waals surface area (Å²) in [6.07, 6.45) is 5.23. The van der Waals surface area contributed by atoms with Crippen LogP contribution in [0.4, 0.5) is 5.69 Å². The van der Waals surface area contributed by atoms with Gasteiger partial charge in [-0.25, -0.2) is 0 Å². The highest BCUT2D eigenvalue weighted by molar-refractivity contribution is 5.76. The molecule has 3 N–H and O–H groups in total. The lowest BCUT2D eigenvalue weighted by Crippen LogP contribution is -2.14. The first-order valence-electron chi connectivity index (χ1n) is 6.66. The van der Waals surface area contributed by atoms with Crippen LogP contribution in [0.25, 0.3) is 5.57 Å². The molecule has 0 amide bonds. The maximum Gasteiger partial charge on any atom is 0.0762 e. The minimum Gasteiger partial charge on any atom is -0.398 e. The number of aliphatic hydroxyl groups excluding tert-OH is 1. The average Bonchev–Trinajstić information content (AvgIpc) is 2.30. The van der Waals surface area contributed by atoms with Crippen molar-refractivity contribution < 1.29 is 5.11 Å². The van der Waals surface area contributed by atoms with Crippen LogP contribution in [-0.2, 0) is 0 Å². The number of anilines is 1. The van der Waals surface area contributed by atoms with Crippen molar-refractivity contribution in [1.29, 1.82) is 0 Å². The number of rotatable bonds is 2. The van der Waals surface area contributed by atoms with Crippen LogP contribution < -0.4 is 5.73 Å². The van der Waals surface area contributed by atoms with E-state index in [-0.39, 0.29) is 0 Å². The summed E-state index contributed by atoms with van der Waals surface area (Å²) in [6, 6.07) is 5.83. The molecule has 1 aliphatic rings. The molecule has 0 spiro atoms. The van der Waals surface area contributed by atoms with Crippen LogP contribution in [0.5, 0.6) is 0 Å². The summed E-state index contributed by atoms with van der Waals surface area (Å²) >= 11 is 0. The molecule has 1 unspecified atom stereocenters. The third-order valence-corrected chi connectivity index (χ3v) is 3.88. The molecule has 0 saturated heterocycles. The Hall–Kier alpha value is -1.28. The first-order chi connectivity index (χ1) is 8.39. The Morgan fingerprint density at radius 2 is 2.06 bits per heavy atom. The zero-order valence-corrected chi connectivity index (χ0v) is 11.5. The second-order valence-corrected chi connectivity index (χ2v) is 6.12. The number of allylic oxidation sites excluding steroid dienone is 2. The largest absolute Gasteiger partial charge is 0.398 e. The van der Waals surface area contributed by atoms with Crippen molar-refractivity contribution in [2.24, 2.45) is 5.41 Å². The van der Waals surface area contributed by atoms with Crippen LogP contribution in [0.2, 0.25) is 0 Å². The maximum absolute atomic E-state index is 9.66. The molecule has 0 aromatic heterocycles. The molecule has 98 valence electrons. The summed E-state index contributed by atoms with van der Waals surface area (Å²) in [7, 11) is 0. The van der Waals surface area contributed by atoms with Gasteiger partial charge >= 0.3 is 0 Å². The molecule has 1 aromatic rings. The molecule has 1 aliphatic carbocycles. The van der Waals surface area contributed by atoms with Crippen molar-refractivity contribution in [2.75, 3.05) is 5.73 Å². The number of hydrogen-bond donors (Lipinski definition) is 2. The molecule has 0 aliphatic heterocycles. The van der Waals surface area contributed by atoms with Gasteiger partial charge in [-0.3, -0.25) is 0 Å². The standard InChI is InChI=1S/C16H23NO/c1-11(18)13-4-5-15(17)14(10-13)12-6-8-16(2,3)9-7-12/h4-6,10-11,18H,7-9,17H2,1-3H3. The third-order valence-electron chi connectivity index (χ3n) is 3.88. The van der Waals surface area contributed by atoms with E-state index in [0.29, 0.717) is 5.41 Å². The SMILES string of the molecule is CC(O)c1ccc(N)c(C2=CCC(C)(C)CC2)c1. The number of hydrogen-bond acceptors (Lipinski definition) is 2. The highest BCUT2D eigenvalue weighted by atomic mass is 16.3. The molecule has 1 atom stereocenters. The Balaban J connectivity index is 2.34. The van der Waals surface area contributed by atoms with Crippen molar-refractivity contribution in [3.8, 4) is 0 Å². The fourth-order valence-corrected chi connectivity index (χ4v) is 2.43. The summed E-state index contributed by atoms with van der Waals surface area (Å²) in [5, 5.41) is 9.66. The highest BCUT2D eigenvalue weighted by Crippen LogP contribution is 2.39. The Kier molecular flexibility index (Phi) is 3.49. The van der Waals surface area contributed by atoms with E-state index in [1.54, 1.807) is 6.92 Å². The van der Waals surface area contributed by atoms with Gasteiger partial charge in [-0.15, -0.1) is 0 Å². The molecule has 0 radical (unpaired) electrons. The van der Waals surface area contributed by atoms with E-state index in [0.717, 1.165) is 29.7 Å². The minimum absolute atomic E-state index is 0.403. The summed E-state index contributed by atoms with van der Waals surface area (Å²) < 4.78 is 0. The predicted octanol–water partition coefficient (Wildman–Crippen LogP) is 3.92. The van der Waals surface area contributed by atoms with Gasteiger partial charge in [0.15, 0.2) is 0 Å². The minimum atomic E-state index is -0.440. The Bertz CT molecular complexity index is 472. The molecule has 18 heavy (non-hydrogen) atoms. The second kappa shape index (κ2) is 4.77. The van der Waals surface area contributed by atoms with Gasteiger partial charge in [-0.05, 0) is 54.9 Å². The fraction of sp³-hybridized carbons (Fsp3) is 0.500. The van der Waals surface area contributed by atoms with Crippen molar-refractivity contribution in [2.45, 2.75) is 46.1 Å². The topological polar surface area (TPSA) is 46.2 Å². The van der Waals surface area contributed by atoms with Gasteiger partial charge in [-0.2, -0.15) is 0 Å². The van der Waals surface area contributed by atoms with E-state index < -0.39 is 6.10 Å². The van der Waals surface area contributed by atoms with Crippen LogP contribution in [0.15, 0.2) is 24.3 Å². The van der Waals surface area contributed by atoms with E-state index in [2.05, 4.69) is 19.9 Å². The molecule has 1 aromatic carbocycles. The van der Waals surface area contributed by atoms with Gasteiger partial charge in [0.2, 0.25) is 0 Å². The van der Waals surface area contributed by atoms with E-state index in [4.69, 9.17) is 5.73 Å². The molecule has 2 heteroatoms. The van der Waals surface area contributed by atoms with Crippen LogP contribution in [0, 0.1) is 5.41 Å². The van der Waals surface area contributed by atoms with E-state index in [1.165, 1.54) is 12.0 Å². The van der Waals surface area contributed by atoms with E-state index >= 15 is 0 Å². The molecule has 2 nitrogen and oxygen atoms in total. The number of aliphatic hydroxyl groups is 1. The quantitative estimate of drug-likeness (QED) is 0.776. The van der Waals surface area contributed by atoms with Gasteiger partial charge < -0.3 is 10.8 Å². The summed E-state index contributed by atoms with van der Waals surface area (Å²) in [5.41, 5.74) is 10.6. The van der Waals surface area contributed by atoms with Crippen molar-refractivity contribution in [3.63, 3.8) is 0 Å². The molecule has 0 fully saturated rings. The average molecular weight is 245 g/mol. The van der Waals surface area contributed by atoms with Crippen molar-refractivity contribution >= 4 is 11.3 Å². The smallest absolute Gasteiger partial charge is 0.0762 e. The number of nitrogens with two attached hydrogens (primary N) is 1. The number of nitrogen functional groups attached to an aromatic ring is 1. The summed E-state index contributed by atoms with van der Waals surface area (Å²) in [5.74, 6) is 0.